The van der Waals surface area contributed by atoms with Gasteiger partial charge < -0.3 is 11.1 Å². The van der Waals surface area contributed by atoms with Gasteiger partial charge in [-0.1, -0.05) is 24.3 Å². The van der Waals surface area contributed by atoms with E-state index in [1.54, 1.807) is 48.7 Å². The second-order valence-electron chi connectivity index (χ2n) is 6.58. The second-order valence-corrected chi connectivity index (χ2v) is 6.58. The van der Waals surface area contributed by atoms with Gasteiger partial charge in [0, 0.05) is 23.5 Å². The summed E-state index contributed by atoms with van der Waals surface area (Å²) in [7, 11) is 0. The Morgan fingerprint density at radius 1 is 1.00 bits per heavy atom. The van der Waals surface area contributed by atoms with Crippen molar-refractivity contribution in [2.45, 2.75) is 0 Å². The average molecular weight is 407 g/mol. The van der Waals surface area contributed by atoms with Gasteiger partial charge in [0.2, 0.25) is 0 Å². The molecule has 31 heavy (non-hydrogen) atoms. The molecule has 0 atom stereocenters. The van der Waals surface area contributed by atoms with Crippen LogP contribution in [0.25, 0.3) is 22.4 Å². The molecule has 0 aliphatic carbocycles. The smallest absolute Gasteiger partial charge is 0.324 e. The van der Waals surface area contributed by atoms with Crippen LogP contribution in [0.1, 0.15) is 15.9 Å². The molecule has 2 aromatic heterocycles. The van der Waals surface area contributed by atoms with Crippen LogP contribution in [0.4, 0.5) is 10.6 Å². The monoisotopic (exact) mass is 407 g/mol. The van der Waals surface area contributed by atoms with Gasteiger partial charge in [0.15, 0.2) is 6.33 Å². The largest absolute Gasteiger partial charge is 0.351 e. The number of anilines is 1. The molecule has 0 aliphatic heterocycles. The molecule has 4 rings (SSSR count). The number of benzene rings is 2. The molecule has 2 aromatic carbocycles. The lowest BCUT2D eigenvalue weighted by Gasteiger charge is -2.07. The number of nitrogens with one attached hydrogen (secondary N) is 1. The lowest BCUT2D eigenvalue weighted by atomic mass is 10.1. The van der Waals surface area contributed by atoms with Crippen molar-refractivity contribution in [3.05, 3.63) is 90.5 Å². The van der Waals surface area contributed by atoms with E-state index in [0.717, 1.165) is 15.7 Å². The van der Waals surface area contributed by atoms with Crippen molar-refractivity contribution in [2.75, 3.05) is 5.32 Å². The summed E-state index contributed by atoms with van der Waals surface area (Å²) in [4.78, 5) is 32.0. The van der Waals surface area contributed by atoms with Crippen LogP contribution in [0.5, 0.6) is 0 Å². The lowest BCUT2D eigenvalue weighted by molar-refractivity contribution is 0.102. The van der Waals surface area contributed by atoms with Gasteiger partial charge in [0.1, 0.15) is 5.82 Å². The predicted octanol–water partition coefficient (Wildman–Crippen LogP) is 3.46. The maximum Gasteiger partial charge on any atom is 0.324 e. The number of rotatable bonds is 4. The van der Waals surface area contributed by atoms with Gasteiger partial charge in [0.25, 0.3) is 5.91 Å². The van der Waals surface area contributed by atoms with Gasteiger partial charge in [-0.15, -0.1) is 0 Å². The van der Waals surface area contributed by atoms with Crippen molar-refractivity contribution in [3.63, 3.8) is 0 Å². The molecule has 0 spiro atoms. The van der Waals surface area contributed by atoms with Crippen LogP contribution >= 0.6 is 0 Å². The number of carbonyl (C=O) groups is 2. The molecule has 1 radical (unpaired) electrons. The summed E-state index contributed by atoms with van der Waals surface area (Å²) in [6.45, 7) is 0. The van der Waals surface area contributed by atoms with Crippen molar-refractivity contribution < 1.29 is 9.59 Å². The molecule has 0 saturated carbocycles. The van der Waals surface area contributed by atoms with Crippen molar-refractivity contribution in [1.82, 2.24) is 14.5 Å². The van der Waals surface area contributed by atoms with Gasteiger partial charge >= 0.3 is 6.03 Å². The molecule has 8 nitrogen and oxygen atoms in total. The molecule has 0 saturated heterocycles. The van der Waals surface area contributed by atoms with Gasteiger partial charge in [-0.3, -0.25) is 4.79 Å². The SMILES string of the molecule is N#Cc1ccc(-c2ccnc(NC(=O)c3ccc(-c4cn(C(N)=O)[c]n4)cc3)c2)cc1. The Morgan fingerprint density at radius 3 is 2.35 bits per heavy atom. The van der Waals surface area contributed by atoms with Crippen LogP contribution < -0.4 is 11.1 Å². The Kier molecular flexibility index (Phi) is 5.24. The van der Waals surface area contributed by atoms with Gasteiger partial charge in [-0.2, -0.15) is 5.26 Å². The van der Waals surface area contributed by atoms with E-state index >= 15 is 0 Å². The number of carbonyl (C=O) groups excluding carboxylic acids is 2. The Balaban J connectivity index is 1.49. The summed E-state index contributed by atoms with van der Waals surface area (Å²) in [5.41, 5.74) is 9.21. The van der Waals surface area contributed by atoms with Gasteiger partial charge in [-0.05, 0) is 47.5 Å². The fourth-order valence-corrected chi connectivity index (χ4v) is 2.94. The highest BCUT2D eigenvalue weighted by Gasteiger charge is 2.10. The molecule has 3 N–H and O–H groups in total. The summed E-state index contributed by atoms with van der Waals surface area (Å²) < 4.78 is 1.06. The van der Waals surface area contributed by atoms with Gasteiger partial charge in [-0.25, -0.2) is 19.3 Å². The number of primary amides is 1. The van der Waals surface area contributed by atoms with E-state index in [0.29, 0.717) is 28.2 Å². The summed E-state index contributed by atoms with van der Waals surface area (Å²) in [5.74, 6) is 0.0935. The van der Waals surface area contributed by atoms with E-state index in [2.05, 4.69) is 27.7 Å². The van der Waals surface area contributed by atoms with Crippen LogP contribution in [0.15, 0.2) is 73.1 Å². The van der Waals surface area contributed by atoms with E-state index in [1.165, 1.54) is 6.20 Å². The number of amides is 2. The first-order chi connectivity index (χ1) is 15.0. The zero-order valence-electron chi connectivity index (χ0n) is 16.1. The molecular formula is C23H15N6O2. The number of nitrogens with two attached hydrogens (primary N) is 1. The fraction of sp³-hybridized carbons (Fsp3) is 0. The van der Waals surface area contributed by atoms with E-state index in [9.17, 15) is 9.59 Å². The predicted molar refractivity (Wildman–Crippen MR) is 114 cm³/mol. The molecule has 2 amide bonds. The first-order valence-corrected chi connectivity index (χ1v) is 9.19. The number of imidazole rings is 1. The molecule has 0 aliphatic rings. The Bertz CT molecular complexity index is 1300. The minimum absolute atomic E-state index is 0.315. The topological polar surface area (TPSA) is 127 Å². The van der Waals surface area contributed by atoms with Crippen LogP contribution in [-0.2, 0) is 0 Å². The highest BCUT2D eigenvalue weighted by molar-refractivity contribution is 6.04. The standard InChI is InChI=1S/C23H15N6O2/c24-12-15-1-3-16(4-2-15)19-9-10-26-21(11-19)28-22(30)18-7-5-17(6-8-18)20-13-29(14-27-20)23(25)31/h1-11,13H,(H2,25,31)(H,26,28,30). The van der Waals surface area contributed by atoms with Gasteiger partial charge in [0.05, 0.1) is 17.3 Å². The third-order valence-electron chi connectivity index (χ3n) is 4.56. The van der Waals surface area contributed by atoms with Crippen molar-refractivity contribution in [1.29, 1.82) is 5.26 Å². The van der Waals surface area contributed by atoms with Crippen LogP contribution in [-0.4, -0.2) is 26.5 Å². The zero-order chi connectivity index (χ0) is 21.8. The van der Waals surface area contributed by atoms with E-state index in [4.69, 9.17) is 11.0 Å². The quantitative estimate of drug-likeness (QED) is 0.536. The minimum atomic E-state index is -0.675. The number of nitriles is 1. The number of hydrogen-bond acceptors (Lipinski definition) is 5. The second kappa shape index (κ2) is 8.31. The van der Waals surface area contributed by atoms with Crippen molar-refractivity contribution >= 4 is 17.8 Å². The summed E-state index contributed by atoms with van der Waals surface area (Å²) in [6.07, 6.45) is 5.56. The van der Waals surface area contributed by atoms with Crippen LogP contribution in [0, 0.1) is 17.7 Å². The Labute approximate surface area is 177 Å². The average Bonchev–Trinajstić information content (AvgIpc) is 3.30. The molecule has 0 fully saturated rings. The minimum Gasteiger partial charge on any atom is -0.351 e. The molecule has 0 bridgehead atoms. The number of aromatic nitrogens is 3. The first kappa shape index (κ1) is 19.5. The molecule has 8 heteroatoms. The number of pyridine rings is 1. The maximum atomic E-state index is 12.6. The third-order valence-corrected chi connectivity index (χ3v) is 4.56. The first-order valence-electron chi connectivity index (χ1n) is 9.19. The van der Waals surface area contributed by atoms with E-state index in [-0.39, 0.29) is 5.91 Å². The summed E-state index contributed by atoms with van der Waals surface area (Å²) in [5, 5.41) is 11.7. The Hall–Kier alpha value is -4.77. The van der Waals surface area contributed by atoms with Crippen LogP contribution in [0.3, 0.4) is 0 Å². The Morgan fingerprint density at radius 2 is 1.71 bits per heavy atom. The molecule has 4 aromatic rings. The zero-order valence-corrected chi connectivity index (χ0v) is 16.1. The van der Waals surface area contributed by atoms with E-state index < -0.39 is 6.03 Å². The summed E-state index contributed by atoms with van der Waals surface area (Å²) in [6, 6.07) is 18.9. The summed E-state index contributed by atoms with van der Waals surface area (Å²) >= 11 is 0. The van der Waals surface area contributed by atoms with Crippen LogP contribution in [0.2, 0.25) is 0 Å². The highest BCUT2D eigenvalue weighted by Crippen LogP contribution is 2.22. The maximum absolute atomic E-state index is 12.6. The van der Waals surface area contributed by atoms with E-state index in [1.807, 2.05) is 18.2 Å². The fourth-order valence-electron chi connectivity index (χ4n) is 2.94. The number of nitrogens with zero attached hydrogens (tertiary/aromatic N) is 4. The molecule has 149 valence electrons. The number of hydrogen-bond donors (Lipinski definition) is 2. The molecule has 0 unspecified atom stereocenters. The van der Waals surface area contributed by atoms with Crippen molar-refractivity contribution in [3.8, 4) is 28.5 Å². The normalized spacial score (nSPS) is 10.3. The highest BCUT2D eigenvalue weighted by atomic mass is 16.2. The third kappa shape index (κ3) is 4.31. The van der Waals surface area contributed by atoms with Crippen molar-refractivity contribution in [2.24, 2.45) is 5.73 Å². The molecular weight excluding hydrogens is 392 g/mol. The molecule has 2 heterocycles. The lowest BCUT2D eigenvalue weighted by Crippen LogP contribution is -2.17.